The summed E-state index contributed by atoms with van der Waals surface area (Å²) in [5.74, 6) is 0.477. The molecule has 0 unspecified atom stereocenters. The summed E-state index contributed by atoms with van der Waals surface area (Å²) in [6.07, 6.45) is 3.92. The monoisotopic (exact) mass is 388 g/mol. The molecule has 2 aromatic carbocycles. The van der Waals surface area contributed by atoms with E-state index in [-0.39, 0.29) is 5.91 Å². The van der Waals surface area contributed by atoms with Crippen LogP contribution in [-0.4, -0.2) is 17.6 Å². The van der Waals surface area contributed by atoms with E-state index < -0.39 is 0 Å². The van der Waals surface area contributed by atoms with Crippen LogP contribution >= 0.6 is 11.3 Å². The van der Waals surface area contributed by atoms with Crippen LogP contribution in [0.25, 0.3) is 16.8 Å². The smallest absolute Gasteiger partial charge is 0.268 e. The van der Waals surface area contributed by atoms with Gasteiger partial charge in [-0.3, -0.25) is 4.79 Å². The Balaban J connectivity index is 1.77. The number of anilines is 1. The molecule has 4 aromatic rings. The lowest BCUT2D eigenvalue weighted by Crippen LogP contribution is -2.13. The van der Waals surface area contributed by atoms with Gasteiger partial charge in [0.2, 0.25) is 0 Å². The Hall–Kier alpha value is -3.31. The lowest BCUT2D eigenvalue weighted by molar-refractivity contribution is 0.103. The molecule has 1 amide bonds. The van der Waals surface area contributed by atoms with E-state index in [1.807, 2.05) is 58.7 Å². The largest absolute Gasteiger partial charge is 0.495 e. The highest BCUT2D eigenvalue weighted by atomic mass is 32.1. The van der Waals surface area contributed by atoms with Gasteiger partial charge in [-0.05, 0) is 36.8 Å². The first-order valence-electron chi connectivity index (χ1n) is 8.93. The number of carbonyl (C=O) groups excluding carboxylic acids is 1. The van der Waals surface area contributed by atoms with E-state index in [0.717, 1.165) is 16.8 Å². The predicted octanol–water partition coefficient (Wildman–Crippen LogP) is 5.78. The average molecular weight is 388 g/mol. The van der Waals surface area contributed by atoms with Gasteiger partial charge in [0.05, 0.1) is 18.5 Å². The zero-order chi connectivity index (χ0) is 19.5. The fourth-order valence-corrected chi connectivity index (χ4v) is 4.09. The van der Waals surface area contributed by atoms with E-state index in [0.29, 0.717) is 16.3 Å². The molecular formula is C23H20N2O2S. The van der Waals surface area contributed by atoms with Crippen molar-refractivity contribution in [3.63, 3.8) is 0 Å². The molecule has 1 N–H and O–H groups in total. The maximum Gasteiger partial charge on any atom is 0.268 e. The van der Waals surface area contributed by atoms with Crippen molar-refractivity contribution in [1.29, 1.82) is 0 Å². The number of methoxy groups -OCH3 is 1. The fraction of sp³-hybridized carbons (Fsp3) is 0.0870. The van der Waals surface area contributed by atoms with Crippen LogP contribution in [-0.2, 0) is 0 Å². The third kappa shape index (κ3) is 3.44. The highest BCUT2D eigenvalue weighted by Crippen LogP contribution is 2.36. The fourth-order valence-electron chi connectivity index (χ4n) is 3.12. The van der Waals surface area contributed by atoms with Gasteiger partial charge in [-0.15, -0.1) is 11.3 Å². The number of thiophene rings is 1. The van der Waals surface area contributed by atoms with Crippen molar-refractivity contribution in [3.05, 3.63) is 88.9 Å². The van der Waals surface area contributed by atoms with Gasteiger partial charge in [0.15, 0.2) is 0 Å². The lowest BCUT2D eigenvalue weighted by Gasteiger charge is -2.12. The van der Waals surface area contributed by atoms with Gasteiger partial charge in [-0.2, -0.15) is 0 Å². The number of rotatable bonds is 5. The number of carbonyl (C=O) groups is 1. The summed E-state index contributed by atoms with van der Waals surface area (Å²) in [5.41, 5.74) is 4.86. The number of aromatic nitrogens is 1. The number of nitrogens with one attached hydrogen (secondary N) is 1. The molecule has 0 saturated heterocycles. The van der Waals surface area contributed by atoms with Crippen molar-refractivity contribution < 1.29 is 9.53 Å². The summed E-state index contributed by atoms with van der Waals surface area (Å²) in [5, 5.41) is 5.03. The van der Waals surface area contributed by atoms with Crippen LogP contribution in [0.1, 0.15) is 15.2 Å². The molecule has 28 heavy (non-hydrogen) atoms. The molecule has 0 spiro atoms. The van der Waals surface area contributed by atoms with E-state index in [2.05, 4.69) is 36.5 Å². The predicted molar refractivity (Wildman–Crippen MR) is 115 cm³/mol. The Morgan fingerprint density at radius 1 is 1.00 bits per heavy atom. The zero-order valence-corrected chi connectivity index (χ0v) is 16.5. The molecule has 2 aromatic heterocycles. The van der Waals surface area contributed by atoms with Crippen molar-refractivity contribution in [2.45, 2.75) is 6.92 Å². The van der Waals surface area contributed by atoms with Crippen LogP contribution in [0.2, 0.25) is 0 Å². The van der Waals surface area contributed by atoms with E-state index in [1.165, 1.54) is 16.9 Å². The number of nitrogens with zero attached hydrogens (tertiary/aromatic N) is 1. The molecule has 0 atom stereocenters. The molecule has 0 bridgehead atoms. The standard InChI is InChI=1S/C23H20N2O2S/c1-16-9-11-17(12-10-16)18-15-28-22(21(18)25-13-5-6-14-25)23(26)24-19-7-3-4-8-20(19)27-2/h3-15H,1-2H3,(H,24,26). The minimum absolute atomic E-state index is 0.156. The molecule has 0 saturated carbocycles. The summed E-state index contributed by atoms with van der Waals surface area (Å²) in [7, 11) is 1.59. The number of benzene rings is 2. The zero-order valence-electron chi connectivity index (χ0n) is 15.7. The van der Waals surface area contributed by atoms with Crippen molar-refractivity contribution in [1.82, 2.24) is 4.57 Å². The normalized spacial score (nSPS) is 10.6. The minimum atomic E-state index is -0.156. The second-order valence-corrected chi connectivity index (χ2v) is 7.32. The van der Waals surface area contributed by atoms with Crippen molar-refractivity contribution >= 4 is 22.9 Å². The first-order chi connectivity index (χ1) is 13.7. The summed E-state index contributed by atoms with van der Waals surface area (Å²) < 4.78 is 7.34. The molecule has 0 aliphatic rings. The Morgan fingerprint density at radius 3 is 2.43 bits per heavy atom. The second kappa shape index (κ2) is 7.74. The molecule has 0 fully saturated rings. The Kier molecular flexibility index (Phi) is 5.00. The van der Waals surface area contributed by atoms with Crippen molar-refractivity contribution in [2.75, 3.05) is 12.4 Å². The Morgan fingerprint density at radius 2 is 1.71 bits per heavy atom. The molecule has 0 aliphatic heterocycles. The summed E-state index contributed by atoms with van der Waals surface area (Å²) in [6.45, 7) is 2.07. The van der Waals surface area contributed by atoms with Gasteiger partial charge < -0.3 is 14.6 Å². The lowest BCUT2D eigenvalue weighted by atomic mass is 10.0. The Bertz CT molecular complexity index is 1100. The van der Waals surface area contributed by atoms with Crippen LogP contribution < -0.4 is 10.1 Å². The molecule has 2 heterocycles. The second-order valence-electron chi connectivity index (χ2n) is 6.44. The topological polar surface area (TPSA) is 43.3 Å². The third-order valence-corrected chi connectivity index (χ3v) is 5.52. The average Bonchev–Trinajstić information content (AvgIpc) is 3.38. The first-order valence-corrected chi connectivity index (χ1v) is 9.81. The van der Waals surface area contributed by atoms with Gasteiger partial charge in [0, 0.05) is 23.3 Å². The maximum absolute atomic E-state index is 13.1. The van der Waals surface area contributed by atoms with Crippen LogP contribution in [0, 0.1) is 6.92 Å². The first kappa shape index (κ1) is 18.1. The maximum atomic E-state index is 13.1. The summed E-state index contributed by atoms with van der Waals surface area (Å²) >= 11 is 1.44. The van der Waals surface area contributed by atoms with Gasteiger partial charge in [-0.25, -0.2) is 0 Å². The van der Waals surface area contributed by atoms with Crippen LogP contribution in [0.3, 0.4) is 0 Å². The Labute approximate surface area is 168 Å². The van der Waals surface area contributed by atoms with Gasteiger partial charge in [-0.1, -0.05) is 42.0 Å². The summed E-state index contributed by atoms with van der Waals surface area (Å²) in [6, 6.07) is 19.7. The highest BCUT2D eigenvalue weighted by molar-refractivity contribution is 7.13. The van der Waals surface area contributed by atoms with Gasteiger partial charge in [0.1, 0.15) is 10.6 Å². The number of aryl methyl sites for hydroxylation is 1. The van der Waals surface area contributed by atoms with Crippen LogP contribution in [0.15, 0.2) is 78.4 Å². The number of hydrogen-bond acceptors (Lipinski definition) is 3. The van der Waals surface area contributed by atoms with Crippen LogP contribution in [0.4, 0.5) is 5.69 Å². The molecule has 4 rings (SSSR count). The number of ether oxygens (including phenoxy) is 1. The third-order valence-electron chi connectivity index (χ3n) is 4.55. The number of amides is 1. The van der Waals surface area contributed by atoms with E-state index in [9.17, 15) is 4.79 Å². The van der Waals surface area contributed by atoms with E-state index in [1.54, 1.807) is 7.11 Å². The highest BCUT2D eigenvalue weighted by Gasteiger charge is 2.21. The minimum Gasteiger partial charge on any atom is -0.495 e. The summed E-state index contributed by atoms with van der Waals surface area (Å²) in [4.78, 5) is 13.8. The molecule has 5 heteroatoms. The molecular weight excluding hydrogens is 368 g/mol. The molecule has 4 nitrogen and oxygen atoms in total. The van der Waals surface area contributed by atoms with E-state index >= 15 is 0 Å². The van der Waals surface area contributed by atoms with Gasteiger partial charge in [0.25, 0.3) is 5.91 Å². The van der Waals surface area contributed by atoms with Gasteiger partial charge >= 0.3 is 0 Å². The molecule has 0 aliphatic carbocycles. The molecule has 0 radical (unpaired) electrons. The number of hydrogen-bond donors (Lipinski definition) is 1. The van der Waals surface area contributed by atoms with Crippen molar-refractivity contribution in [2.24, 2.45) is 0 Å². The quantitative estimate of drug-likeness (QED) is 0.471. The molecule has 140 valence electrons. The van der Waals surface area contributed by atoms with E-state index in [4.69, 9.17) is 4.74 Å². The van der Waals surface area contributed by atoms with Crippen molar-refractivity contribution in [3.8, 4) is 22.6 Å². The van der Waals surface area contributed by atoms with Crippen LogP contribution in [0.5, 0.6) is 5.75 Å². The SMILES string of the molecule is COc1ccccc1NC(=O)c1scc(-c2ccc(C)cc2)c1-n1cccc1. The number of para-hydroxylation sites is 2.